The van der Waals surface area contributed by atoms with Crippen molar-refractivity contribution in [2.45, 2.75) is 38.0 Å². The summed E-state index contributed by atoms with van der Waals surface area (Å²) in [4.78, 5) is 23.9. The maximum absolute atomic E-state index is 12.4. The van der Waals surface area contributed by atoms with Crippen LogP contribution in [0.3, 0.4) is 0 Å². The number of benzene rings is 2. The van der Waals surface area contributed by atoms with Gasteiger partial charge in [0.25, 0.3) is 0 Å². The van der Waals surface area contributed by atoms with E-state index in [0.29, 0.717) is 12.8 Å². The standard InChI is InChI=1S/C24H28N2O4/c1-25-11-3-13-29-12-2-4-16-5-7-18-17(14-16)6-9-21-23(18)20(15-30-21)19-8-10-22(27)26-24(19)28/h5-7,9,14-15,19,25H,2-4,8,10-13H2,1H3,(H,26,27,28). The molecule has 4 rings (SSSR count). The van der Waals surface area contributed by atoms with E-state index in [2.05, 4.69) is 34.9 Å². The zero-order valence-corrected chi connectivity index (χ0v) is 17.3. The highest BCUT2D eigenvalue weighted by molar-refractivity contribution is 6.10. The molecular formula is C24H28N2O4. The molecule has 0 aliphatic carbocycles. The first-order valence-electron chi connectivity index (χ1n) is 10.7. The third-order valence-corrected chi connectivity index (χ3v) is 5.73. The van der Waals surface area contributed by atoms with Crippen molar-refractivity contribution >= 4 is 33.6 Å². The molecule has 1 aliphatic rings. The van der Waals surface area contributed by atoms with Gasteiger partial charge in [0.05, 0.1) is 12.2 Å². The lowest BCUT2D eigenvalue weighted by molar-refractivity contribution is -0.134. The highest BCUT2D eigenvalue weighted by atomic mass is 16.5. The summed E-state index contributed by atoms with van der Waals surface area (Å²) in [7, 11) is 1.95. The van der Waals surface area contributed by atoms with E-state index in [0.717, 1.165) is 66.3 Å². The first kappa shape index (κ1) is 20.6. The predicted octanol–water partition coefficient (Wildman–Crippen LogP) is 3.66. The van der Waals surface area contributed by atoms with E-state index in [1.807, 2.05) is 13.1 Å². The third kappa shape index (κ3) is 4.40. The second kappa shape index (κ2) is 9.41. The molecule has 1 atom stereocenters. The summed E-state index contributed by atoms with van der Waals surface area (Å²) >= 11 is 0. The number of hydrogen-bond donors (Lipinski definition) is 2. The molecule has 2 amide bonds. The maximum Gasteiger partial charge on any atom is 0.234 e. The fraction of sp³-hybridized carbons (Fsp3) is 0.417. The highest BCUT2D eigenvalue weighted by Gasteiger charge is 2.30. The number of rotatable bonds is 9. The highest BCUT2D eigenvalue weighted by Crippen LogP contribution is 2.37. The number of imide groups is 1. The summed E-state index contributed by atoms with van der Waals surface area (Å²) in [5.74, 6) is -0.795. The minimum Gasteiger partial charge on any atom is -0.464 e. The fourth-order valence-corrected chi connectivity index (χ4v) is 4.17. The second-order valence-corrected chi connectivity index (χ2v) is 7.86. The Balaban J connectivity index is 1.51. The van der Waals surface area contributed by atoms with E-state index in [1.54, 1.807) is 6.26 Å². The molecule has 6 heteroatoms. The third-order valence-electron chi connectivity index (χ3n) is 5.73. The van der Waals surface area contributed by atoms with Crippen molar-refractivity contribution in [2.75, 3.05) is 26.8 Å². The first-order valence-corrected chi connectivity index (χ1v) is 10.7. The van der Waals surface area contributed by atoms with E-state index in [1.165, 1.54) is 5.56 Å². The first-order chi connectivity index (χ1) is 14.7. The summed E-state index contributed by atoms with van der Waals surface area (Å²) in [6, 6.07) is 10.5. The van der Waals surface area contributed by atoms with Gasteiger partial charge in [-0.3, -0.25) is 14.9 Å². The van der Waals surface area contributed by atoms with E-state index < -0.39 is 0 Å². The monoisotopic (exact) mass is 408 g/mol. The molecular weight excluding hydrogens is 380 g/mol. The minimum absolute atomic E-state index is 0.204. The largest absolute Gasteiger partial charge is 0.464 e. The minimum atomic E-state index is -0.353. The van der Waals surface area contributed by atoms with Gasteiger partial charge in [0.2, 0.25) is 11.8 Å². The quantitative estimate of drug-likeness (QED) is 0.417. The molecule has 30 heavy (non-hydrogen) atoms. The average Bonchev–Trinajstić information content (AvgIpc) is 3.17. The van der Waals surface area contributed by atoms with Gasteiger partial charge in [-0.25, -0.2) is 0 Å². The predicted molar refractivity (Wildman–Crippen MR) is 117 cm³/mol. The number of carbonyl (C=O) groups excluding carboxylic acids is 2. The van der Waals surface area contributed by atoms with Crippen LogP contribution in [0.5, 0.6) is 0 Å². The Morgan fingerprint density at radius 3 is 2.87 bits per heavy atom. The summed E-state index contributed by atoms with van der Waals surface area (Å²) in [5.41, 5.74) is 2.90. The number of piperidine rings is 1. The van der Waals surface area contributed by atoms with Gasteiger partial charge in [-0.05, 0) is 61.7 Å². The number of furan rings is 1. The number of amides is 2. The smallest absolute Gasteiger partial charge is 0.234 e. The zero-order chi connectivity index (χ0) is 20.9. The number of nitrogens with one attached hydrogen (secondary N) is 2. The molecule has 1 unspecified atom stereocenters. The normalized spacial score (nSPS) is 17.0. The summed E-state index contributed by atoms with van der Waals surface area (Å²) in [5, 5.41) is 8.75. The Morgan fingerprint density at radius 1 is 1.17 bits per heavy atom. The number of carbonyl (C=O) groups is 2. The van der Waals surface area contributed by atoms with Gasteiger partial charge in [-0.2, -0.15) is 0 Å². The average molecular weight is 408 g/mol. The van der Waals surface area contributed by atoms with Gasteiger partial charge in [-0.15, -0.1) is 0 Å². The Hall–Kier alpha value is -2.70. The van der Waals surface area contributed by atoms with Crippen molar-refractivity contribution in [3.8, 4) is 0 Å². The molecule has 2 aromatic carbocycles. The molecule has 158 valence electrons. The van der Waals surface area contributed by atoms with Crippen LogP contribution in [0.2, 0.25) is 0 Å². The number of aryl methyl sites for hydroxylation is 1. The van der Waals surface area contributed by atoms with Crippen LogP contribution in [0.15, 0.2) is 41.0 Å². The van der Waals surface area contributed by atoms with Crippen LogP contribution in [0, 0.1) is 0 Å². The lowest BCUT2D eigenvalue weighted by Crippen LogP contribution is -2.39. The van der Waals surface area contributed by atoms with Gasteiger partial charge in [0.1, 0.15) is 5.58 Å². The summed E-state index contributed by atoms with van der Waals surface area (Å²) in [6.07, 6.45) is 5.52. The Morgan fingerprint density at radius 2 is 2.03 bits per heavy atom. The summed E-state index contributed by atoms with van der Waals surface area (Å²) in [6.45, 7) is 2.54. The molecule has 1 saturated heterocycles. The van der Waals surface area contributed by atoms with Crippen molar-refractivity contribution < 1.29 is 18.7 Å². The fourth-order valence-electron chi connectivity index (χ4n) is 4.17. The lowest BCUT2D eigenvalue weighted by atomic mass is 9.88. The summed E-state index contributed by atoms with van der Waals surface area (Å²) < 4.78 is 11.4. The lowest BCUT2D eigenvalue weighted by Gasteiger charge is -2.20. The van der Waals surface area contributed by atoms with E-state index in [9.17, 15) is 9.59 Å². The second-order valence-electron chi connectivity index (χ2n) is 7.86. The number of ether oxygens (including phenoxy) is 1. The van der Waals surface area contributed by atoms with E-state index in [-0.39, 0.29) is 17.7 Å². The van der Waals surface area contributed by atoms with E-state index in [4.69, 9.17) is 9.15 Å². The van der Waals surface area contributed by atoms with Crippen molar-refractivity contribution in [1.29, 1.82) is 0 Å². The molecule has 1 aliphatic heterocycles. The molecule has 1 fully saturated rings. The number of fused-ring (bicyclic) bond motifs is 3. The van der Waals surface area contributed by atoms with Gasteiger partial charge in [0.15, 0.2) is 0 Å². The molecule has 2 N–H and O–H groups in total. The Labute approximate surface area is 175 Å². The number of hydrogen-bond acceptors (Lipinski definition) is 5. The van der Waals surface area contributed by atoms with Crippen LogP contribution in [0.4, 0.5) is 0 Å². The zero-order valence-electron chi connectivity index (χ0n) is 17.3. The van der Waals surface area contributed by atoms with Crippen LogP contribution in [0.25, 0.3) is 21.7 Å². The maximum atomic E-state index is 12.4. The van der Waals surface area contributed by atoms with Crippen LogP contribution >= 0.6 is 0 Å². The SMILES string of the molecule is CNCCCOCCCc1ccc2c(ccc3occ(C4CCC(=O)NC4=O)c32)c1. The molecule has 0 saturated carbocycles. The van der Waals surface area contributed by atoms with Crippen LogP contribution < -0.4 is 10.6 Å². The van der Waals surface area contributed by atoms with Crippen LogP contribution in [-0.4, -0.2) is 38.6 Å². The Bertz CT molecular complexity index is 1060. The van der Waals surface area contributed by atoms with Crippen molar-refractivity contribution in [3.05, 3.63) is 47.7 Å². The van der Waals surface area contributed by atoms with Crippen molar-refractivity contribution in [1.82, 2.24) is 10.6 Å². The van der Waals surface area contributed by atoms with Gasteiger partial charge in [0, 0.05) is 30.6 Å². The van der Waals surface area contributed by atoms with Crippen LogP contribution in [0.1, 0.15) is 42.7 Å². The van der Waals surface area contributed by atoms with Crippen molar-refractivity contribution in [3.63, 3.8) is 0 Å². The molecule has 2 heterocycles. The Kier molecular flexibility index (Phi) is 6.45. The molecule has 3 aromatic rings. The van der Waals surface area contributed by atoms with Gasteiger partial charge < -0.3 is 14.5 Å². The molecule has 6 nitrogen and oxygen atoms in total. The van der Waals surface area contributed by atoms with Crippen molar-refractivity contribution in [2.24, 2.45) is 0 Å². The van der Waals surface area contributed by atoms with Gasteiger partial charge >= 0.3 is 0 Å². The molecule has 0 radical (unpaired) electrons. The van der Waals surface area contributed by atoms with Gasteiger partial charge in [-0.1, -0.05) is 24.3 Å². The topological polar surface area (TPSA) is 80.6 Å². The molecule has 0 spiro atoms. The molecule has 0 bridgehead atoms. The van der Waals surface area contributed by atoms with Crippen LogP contribution in [-0.2, 0) is 20.7 Å². The van der Waals surface area contributed by atoms with E-state index >= 15 is 0 Å². The molecule has 1 aromatic heterocycles.